The normalized spacial score (nSPS) is 17.0. The molecule has 3 heterocycles. The number of rotatable bonds is 6. The number of hydrogen-bond donors (Lipinski definition) is 1. The molecule has 2 aromatic rings. The van der Waals surface area contributed by atoms with E-state index in [1.165, 1.54) is 0 Å². The van der Waals surface area contributed by atoms with Gasteiger partial charge in [-0.3, -0.25) is 19.4 Å². The van der Waals surface area contributed by atoms with Gasteiger partial charge in [0.1, 0.15) is 11.5 Å². The molecule has 2 aliphatic rings. The number of hydrogen-bond acceptors (Lipinski definition) is 6. The number of ether oxygens (including phenoxy) is 2. The molecule has 1 N–H and O–H groups in total. The van der Waals surface area contributed by atoms with Crippen molar-refractivity contribution in [2.45, 2.75) is 13.5 Å². The summed E-state index contributed by atoms with van der Waals surface area (Å²) in [6.45, 7) is 6.78. The molecular formula is C21H25N3O5. The molecule has 1 fully saturated rings. The molecule has 8 heteroatoms. The van der Waals surface area contributed by atoms with Gasteiger partial charge in [0, 0.05) is 26.2 Å². The van der Waals surface area contributed by atoms with E-state index in [-0.39, 0.29) is 30.7 Å². The number of fused-ring (bicyclic) bond motifs is 1. The maximum absolute atomic E-state index is 12.3. The van der Waals surface area contributed by atoms with E-state index >= 15 is 0 Å². The molecule has 2 aliphatic heterocycles. The number of nitrogens with zero attached hydrogens (tertiary/aromatic N) is 2. The maximum Gasteiger partial charge on any atom is 0.287 e. The number of aryl methyl sites for hydroxylation is 1. The van der Waals surface area contributed by atoms with E-state index in [1.807, 2.05) is 25.1 Å². The third-order valence-electron chi connectivity index (χ3n) is 5.07. The van der Waals surface area contributed by atoms with Gasteiger partial charge in [-0.25, -0.2) is 0 Å². The van der Waals surface area contributed by atoms with Crippen LogP contribution >= 0.6 is 0 Å². The molecule has 0 saturated carbocycles. The van der Waals surface area contributed by atoms with Crippen LogP contribution in [0.15, 0.2) is 34.7 Å². The summed E-state index contributed by atoms with van der Waals surface area (Å²) in [4.78, 5) is 28.6. The number of nitrogens with one attached hydrogen (secondary N) is 1. The van der Waals surface area contributed by atoms with Gasteiger partial charge in [-0.05, 0) is 36.8 Å². The van der Waals surface area contributed by atoms with E-state index in [2.05, 4.69) is 10.2 Å². The second-order valence-electron chi connectivity index (χ2n) is 7.22. The van der Waals surface area contributed by atoms with Crippen molar-refractivity contribution >= 4 is 17.5 Å². The van der Waals surface area contributed by atoms with E-state index in [1.54, 1.807) is 17.0 Å². The number of carbonyl (C=O) groups excluding carboxylic acids is 2. The van der Waals surface area contributed by atoms with Crippen LogP contribution in [0.4, 0.5) is 5.69 Å². The van der Waals surface area contributed by atoms with Gasteiger partial charge in [-0.2, -0.15) is 0 Å². The lowest BCUT2D eigenvalue weighted by molar-refractivity contribution is -0.121. The van der Waals surface area contributed by atoms with Gasteiger partial charge < -0.3 is 19.2 Å². The third kappa shape index (κ3) is 4.60. The first-order valence-electron chi connectivity index (χ1n) is 9.81. The molecule has 4 rings (SSSR count). The monoisotopic (exact) mass is 399 g/mol. The van der Waals surface area contributed by atoms with Crippen LogP contribution < -0.4 is 15.0 Å². The van der Waals surface area contributed by atoms with Crippen LogP contribution in [0.1, 0.15) is 21.9 Å². The largest absolute Gasteiger partial charge is 0.482 e. The molecule has 0 spiro atoms. The smallest absolute Gasteiger partial charge is 0.287 e. The molecule has 0 unspecified atom stereocenters. The van der Waals surface area contributed by atoms with Crippen LogP contribution in [-0.4, -0.2) is 62.7 Å². The predicted molar refractivity (Wildman–Crippen MR) is 106 cm³/mol. The van der Waals surface area contributed by atoms with Crippen LogP contribution in [0.2, 0.25) is 0 Å². The first-order chi connectivity index (χ1) is 14.1. The summed E-state index contributed by atoms with van der Waals surface area (Å²) >= 11 is 0. The standard InChI is InChI=1S/C21H25N3O5/c1-15-2-4-17-19(12-15)28-14-20(25)24(17)13-16-3-5-18(29-16)21(26)22-6-7-23-8-10-27-11-9-23/h2-5,12H,6-11,13-14H2,1H3,(H,22,26). The van der Waals surface area contributed by atoms with Crippen molar-refractivity contribution in [3.05, 3.63) is 47.4 Å². The zero-order chi connectivity index (χ0) is 20.2. The third-order valence-corrected chi connectivity index (χ3v) is 5.07. The Morgan fingerprint density at radius 1 is 1.17 bits per heavy atom. The number of benzene rings is 1. The van der Waals surface area contributed by atoms with E-state index in [0.717, 1.165) is 38.4 Å². The van der Waals surface area contributed by atoms with Gasteiger partial charge in [0.05, 0.1) is 25.4 Å². The van der Waals surface area contributed by atoms with Crippen molar-refractivity contribution in [2.24, 2.45) is 0 Å². The Bertz CT molecular complexity index is 888. The van der Waals surface area contributed by atoms with Crippen LogP contribution in [0.3, 0.4) is 0 Å². The molecule has 2 amide bonds. The number of amides is 2. The van der Waals surface area contributed by atoms with Gasteiger partial charge >= 0.3 is 0 Å². The lowest BCUT2D eigenvalue weighted by Crippen LogP contribution is -2.41. The summed E-state index contributed by atoms with van der Waals surface area (Å²) in [6.07, 6.45) is 0. The number of morpholine rings is 1. The fourth-order valence-corrected chi connectivity index (χ4v) is 3.47. The molecule has 1 aromatic heterocycles. The zero-order valence-electron chi connectivity index (χ0n) is 16.5. The second kappa shape index (κ2) is 8.67. The number of anilines is 1. The molecule has 1 aromatic carbocycles. The van der Waals surface area contributed by atoms with E-state index in [0.29, 0.717) is 23.7 Å². The van der Waals surface area contributed by atoms with Gasteiger partial charge in [0.25, 0.3) is 11.8 Å². The Labute approximate surface area is 169 Å². The minimum absolute atomic E-state index is 0.00789. The Balaban J connectivity index is 1.35. The van der Waals surface area contributed by atoms with Gasteiger partial charge in [-0.15, -0.1) is 0 Å². The van der Waals surface area contributed by atoms with Crippen molar-refractivity contribution < 1.29 is 23.5 Å². The molecule has 0 bridgehead atoms. The van der Waals surface area contributed by atoms with Crippen LogP contribution in [0.5, 0.6) is 5.75 Å². The summed E-state index contributed by atoms with van der Waals surface area (Å²) in [5, 5.41) is 2.88. The van der Waals surface area contributed by atoms with Gasteiger partial charge in [0.2, 0.25) is 0 Å². The topological polar surface area (TPSA) is 84.2 Å². The number of carbonyl (C=O) groups is 2. The second-order valence-corrected chi connectivity index (χ2v) is 7.22. The minimum Gasteiger partial charge on any atom is -0.482 e. The molecule has 29 heavy (non-hydrogen) atoms. The molecule has 0 radical (unpaired) electrons. The first-order valence-corrected chi connectivity index (χ1v) is 9.81. The van der Waals surface area contributed by atoms with E-state index in [9.17, 15) is 9.59 Å². The SMILES string of the molecule is Cc1ccc2c(c1)OCC(=O)N2Cc1ccc(C(=O)NCCN2CCOCC2)o1. The quantitative estimate of drug-likeness (QED) is 0.794. The lowest BCUT2D eigenvalue weighted by Gasteiger charge is -2.28. The summed E-state index contributed by atoms with van der Waals surface area (Å²) in [6, 6.07) is 9.07. The lowest BCUT2D eigenvalue weighted by atomic mass is 10.1. The van der Waals surface area contributed by atoms with Crippen molar-refractivity contribution in [1.82, 2.24) is 10.2 Å². The van der Waals surface area contributed by atoms with Crippen LogP contribution in [0, 0.1) is 6.92 Å². The van der Waals surface area contributed by atoms with Crippen molar-refractivity contribution in [3.63, 3.8) is 0 Å². The average molecular weight is 399 g/mol. The Hall–Kier alpha value is -2.84. The molecule has 0 aliphatic carbocycles. The first kappa shape index (κ1) is 19.5. The summed E-state index contributed by atoms with van der Waals surface area (Å²) < 4.78 is 16.5. The number of furan rings is 1. The zero-order valence-corrected chi connectivity index (χ0v) is 16.5. The molecule has 0 atom stereocenters. The Kier molecular flexibility index (Phi) is 5.82. The molecular weight excluding hydrogens is 374 g/mol. The highest BCUT2D eigenvalue weighted by Gasteiger charge is 2.27. The highest BCUT2D eigenvalue weighted by molar-refractivity contribution is 5.97. The van der Waals surface area contributed by atoms with Crippen LogP contribution in [-0.2, 0) is 16.1 Å². The fourth-order valence-electron chi connectivity index (χ4n) is 3.47. The van der Waals surface area contributed by atoms with Gasteiger partial charge in [0.15, 0.2) is 12.4 Å². The molecule has 8 nitrogen and oxygen atoms in total. The molecule has 1 saturated heterocycles. The molecule has 154 valence electrons. The van der Waals surface area contributed by atoms with Crippen molar-refractivity contribution in [3.8, 4) is 5.75 Å². The summed E-state index contributed by atoms with van der Waals surface area (Å²) in [5.74, 6) is 1.07. The fraction of sp³-hybridized carbons (Fsp3) is 0.429. The maximum atomic E-state index is 12.3. The minimum atomic E-state index is -0.256. The predicted octanol–water partition coefficient (Wildman–Crippen LogP) is 1.58. The van der Waals surface area contributed by atoms with Crippen molar-refractivity contribution in [1.29, 1.82) is 0 Å². The average Bonchev–Trinajstić information content (AvgIpc) is 3.20. The van der Waals surface area contributed by atoms with E-state index < -0.39 is 0 Å². The van der Waals surface area contributed by atoms with E-state index in [4.69, 9.17) is 13.9 Å². The Morgan fingerprint density at radius 2 is 2.00 bits per heavy atom. The Morgan fingerprint density at radius 3 is 2.83 bits per heavy atom. The van der Waals surface area contributed by atoms with Crippen molar-refractivity contribution in [2.75, 3.05) is 50.9 Å². The van der Waals surface area contributed by atoms with Gasteiger partial charge in [-0.1, -0.05) is 6.07 Å². The van der Waals surface area contributed by atoms with Crippen LogP contribution in [0.25, 0.3) is 0 Å². The summed E-state index contributed by atoms with van der Waals surface area (Å²) in [5.41, 5.74) is 1.77. The summed E-state index contributed by atoms with van der Waals surface area (Å²) in [7, 11) is 0. The highest BCUT2D eigenvalue weighted by atomic mass is 16.5. The highest BCUT2D eigenvalue weighted by Crippen LogP contribution is 2.34.